The molecule has 1 aliphatic rings. The fraction of sp³-hybridized carbons (Fsp3) is 0.385. The van der Waals surface area contributed by atoms with Crippen LogP contribution in [-0.2, 0) is 6.42 Å². The summed E-state index contributed by atoms with van der Waals surface area (Å²) in [5.74, 6) is 0.508. The lowest BCUT2D eigenvalue weighted by molar-refractivity contribution is 0.287. The number of thiocarbonyl (C=S) groups is 1. The highest BCUT2D eigenvalue weighted by Gasteiger charge is 2.41. The van der Waals surface area contributed by atoms with Crippen molar-refractivity contribution in [1.29, 1.82) is 0 Å². The Bertz CT molecular complexity index is 1070. The zero-order valence-corrected chi connectivity index (χ0v) is 19.9. The number of nitrogens with zero attached hydrogens (tertiary/aromatic N) is 3. The van der Waals surface area contributed by atoms with Crippen LogP contribution < -0.4 is 5.32 Å². The van der Waals surface area contributed by atoms with E-state index in [1.165, 1.54) is 28.2 Å². The number of para-hydroxylation sites is 1. The summed E-state index contributed by atoms with van der Waals surface area (Å²) in [5, 5.41) is 4.39. The molecular formula is C26H32N4S. The Labute approximate surface area is 191 Å². The first-order valence-corrected chi connectivity index (χ1v) is 11.6. The van der Waals surface area contributed by atoms with Crippen LogP contribution in [0.3, 0.4) is 0 Å². The number of pyridine rings is 1. The number of hydrogen-bond acceptors (Lipinski definition) is 2. The molecule has 31 heavy (non-hydrogen) atoms. The minimum Gasteiger partial charge on any atom is -0.352 e. The molecule has 162 valence electrons. The van der Waals surface area contributed by atoms with Crippen molar-refractivity contribution in [3.8, 4) is 5.69 Å². The Balaban J connectivity index is 1.86. The van der Waals surface area contributed by atoms with E-state index in [0.29, 0.717) is 5.92 Å². The van der Waals surface area contributed by atoms with E-state index >= 15 is 0 Å². The summed E-state index contributed by atoms with van der Waals surface area (Å²) in [4.78, 5) is 7.03. The molecule has 1 fully saturated rings. The number of aryl methyl sites for hydroxylation is 2. The van der Waals surface area contributed by atoms with Gasteiger partial charge in [0.15, 0.2) is 5.11 Å². The molecule has 0 radical (unpaired) electrons. The zero-order valence-electron chi connectivity index (χ0n) is 19.1. The molecule has 2 atom stereocenters. The van der Waals surface area contributed by atoms with Gasteiger partial charge in [-0.3, -0.25) is 4.98 Å². The number of rotatable bonds is 6. The normalized spacial score (nSPS) is 18.6. The van der Waals surface area contributed by atoms with Gasteiger partial charge in [-0.25, -0.2) is 0 Å². The summed E-state index contributed by atoms with van der Waals surface area (Å²) in [6.45, 7) is 12.1. The zero-order chi connectivity index (χ0) is 22.1. The summed E-state index contributed by atoms with van der Waals surface area (Å²) >= 11 is 5.81. The first-order valence-electron chi connectivity index (χ1n) is 11.2. The van der Waals surface area contributed by atoms with Crippen molar-refractivity contribution in [2.75, 3.05) is 6.54 Å². The largest absolute Gasteiger partial charge is 0.352 e. The second kappa shape index (κ2) is 8.83. The Morgan fingerprint density at radius 3 is 2.52 bits per heavy atom. The molecule has 0 bridgehead atoms. The van der Waals surface area contributed by atoms with Gasteiger partial charge >= 0.3 is 0 Å². The Hall–Kier alpha value is -2.66. The second-order valence-corrected chi connectivity index (χ2v) is 9.20. The summed E-state index contributed by atoms with van der Waals surface area (Å²) in [6.07, 6.45) is 2.87. The number of nitrogens with one attached hydrogen (secondary N) is 1. The number of benzene rings is 1. The van der Waals surface area contributed by atoms with E-state index in [9.17, 15) is 0 Å². The van der Waals surface area contributed by atoms with E-state index < -0.39 is 0 Å². The lowest BCUT2D eigenvalue weighted by Crippen LogP contribution is -2.33. The van der Waals surface area contributed by atoms with Crippen molar-refractivity contribution in [1.82, 2.24) is 19.8 Å². The van der Waals surface area contributed by atoms with Gasteiger partial charge in [-0.05, 0) is 73.8 Å². The van der Waals surface area contributed by atoms with E-state index in [1.807, 2.05) is 12.3 Å². The minimum absolute atomic E-state index is 0.0304. The number of hydrogen-bond donors (Lipinski definition) is 1. The van der Waals surface area contributed by atoms with Crippen LogP contribution in [0.1, 0.15) is 61.1 Å². The highest BCUT2D eigenvalue weighted by molar-refractivity contribution is 7.80. The van der Waals surface area contributed by atoms with Gasteiger partial charge in [0.25, 0.3) is 0 Å². The Kier molecular flexibility index (Phi) is 6.15. The first kappa shape index (κ1) is 21.6. The predicted molar refractivity (Wildman–Crippen MR) is 132 cm³/mol. The summed E-state index contributed by atoms with van der Waals surface area (Å²) in [7, 11) is 0. The molecule has 1 aromatic carbocycles. The average molecular weight is 433 g/mol. The topological polar surface area (TPSA) is 33.1 Å². The fourth-order valence-corrected chi connectivity index (χ4v) is 5.13. The molecule has 0 spiro atoms. The van der Waals surface area contributed by atoms with Gasteiger partial charge in [0, 0.05) is 29.8 Å². The molecule has 0 aliphatic carbocycles. The number of aromatic nitrogens is 2. The van der Waals surface area contributed by atoms with Gasteiger partial charge in [0.1, 0.15) is 0 Å². The van der Waals surface area contributed by atoms with E-state index in [2.05, 4.69) is 96.9 Å². The lowest BCUT2D eigenvalue weighted by atomic mass is 9.96. The average Bonchev–Trinajstić information content (AvgIpc) is 3.23. The van der Waals surface area contributed by atoms with Crippen LogP contribution in [0.25, 0.3) is 5.69 Å². The van der Waals surface area contributed by atoms with Gasteiger partial charge in [0.2, 0.25) is 0 Å². The molecule has 0 amide bonds. The van der Waals surface area contributed by atoms with E-state index in [1.54, 1.807) is 0 Å². The smallest absolute Gasteiger partial charge is 0.170 e. The molecular weight excluding hydrogens is 400 g/mol. The first-order chi connectivity index (χ1) is 14.9. The standard InChI is InChI=1S/C26H32N4S/c1-6-20-11-7-8-13-23(20)30-18(4)15-21(19(30)5)25-24(22-12-9-10-14-27-22)28-26(31)29(25)16-17(2)3/h7-15,17,24-25H,6,16H2,1-5H3,(H,28,31)/t24-,25-/m1/s1. The third kappa shape index (κ3) is 3.99. The molecule has 3 aromatic rings. The molecule has 1 N–H and O–H groups in total. The van der Waals surface area contributed by atoms with Gasteiger partial charge in [0.05, 0.1) is 17.8 Å². The second-order valence-electron chi connectivity index (χ2n) is 8.82. The molecule has 3 heterocycles. The molecule has 0 unspecified atom stereocenters. The Morgan fingerprint density at radius 1 is 1.10 bits per heavy atom. The lowest BCUT2D eigenvalue weighted by Gasteiger charge is -2.29. The van der Waals surface area contributed by atoms with Gasteiger partial charge < -0.3 is 14.8 Å². The maximum Gasteiger partial charge on any atom is 0.170 e. The maximum absolute atomic E-state index is 5.81. The van der Waals surface area contributed by atoms with E-state index in [4.69, 9.17) is 12.2 Å². The van der Waals surface area contributed by atoms with Crippen molar-refractivity contribution in [2.45, 2.75) is 53.1 Å². The highest BCUT2D eigenvalue weighted by atomic mass is 32.1. The Morgan fingerprint density at radius 2 is 1.84 bits per heavy atom. The molecule has 4 nitrogen and oxygen atoms in total. The fourth-order valence-electron chi connectivity index (χ4n) is 4.82. The molecule has 1 saturated heterocycles. The van der Waals surface area contributed by atoms with Crippen LogP contribution >= 0.6 is 12.2 Å². The predicted octanol–water partition coefficient (Wildman–Crippen LogP) is 5.68. The quantitative estimate of drug-likeness (QED) is 0.508. The van der Waals surface area contributed by atoms with Crippen LogP contribution in [0.2, 0.25) is 0 Å². The summed E-state index contributed by atoms with van der Waals surface area (Å²) in [5.41, 5.74) is 7.48. The molecule has 0 saturated carbocycles. The van der Waals surface area contributed by atoms with Gasteiger partial charge in [-0.2, -0.15) is 0 Å². The van der Waals surface area contributed by atoms with Crippen LogP contribution in [0, 0.1) is 19.8 Å². The van der Waals surface area contributed by atoms with Crippen LogP contribution in [0.15, 0.2) is 54.7 Å². The van der Waals surface area contributed by atoms with Crippen molar-refractivity contribution >= 4 is 17.3 Å². The SMILES string of the molecule is CCc1ccccc1-n1c(C)cc([C@@H]2[C@@H](c3ccccn3)NC(=S)N2CC(C)C)c1C. The molecule has 2 aromatic heterocycles. The van der Waals surface area contributed by atoms with Crippen molar-refractivity contribution in [2.24, 2.45) is 5.92 Å². The van der Waals surface area contributed by atoms with E-state index in [0.717, 1.165) is 23.8 Å². The highest BCUT2D eigenvalue weighted by Crippen LogP contribution is 2.41. The minimum atomic E-state index is 0.0304. The summed E-state index contributed by atoms with van der Waals surface area (Å²) < 4.78 is 2.40. The van der Waals surface area contributed by atoms with Crippen LogP contribution in [0.4, 0.5) is 0 Å². The molecule has 4 rings (SSSR count). The van der Waals surface area contributed by atoms with Gasteiger partial charge in [-0.15, -0.1) is 0 Å². The van der Waals surface area contributed by atoms with Gasteiger partial charge in [-0.1, -0.05) is 45.0 Å². The van der Waals surface area contributed by atoms with Crippen molar-refractivity contribution in [3.05, 3.63) is 82.9 Å². The van der Waals surface area contributed by atoms with Crippen LogP contribution in [-0.4, -0.2) is 26.1 Å². The van der Waals surface area contributed by atoms with Crippen molar-refractivity contribution in [3.63, 3.8) is 0 Å². The third-order valence-electron chi connectivity index (χ3n) is 6.16. The third-order valence-corrected chi connectivity index (χ3v) is 6.51. The van der Waals surface area contributed by atoms with Crippen LogP contribution in [0.5, 0.6) is 0 Å². The maximum atomic E-state index is 5.81. The monoisotopic (exact) mass is 432 g/mol. The van der Waals surface area contributed by atoms with E-state index in [-0.39, 0.29) is 12.1 Å². The molecule has 1 aliphatic heterocycles. The molecule has 5 heteroatoms. The van der Waals surface area contributed by atoms with Crippen molar-refractivity contribution < 1.29 is 0 Å². The summed E-state index contributed by atoms with van der Waals surface area (Å²) in [6, 6.07) is 17.3.